The van der Waals surface area contributed by atoms with Gasteiger partial charge in [-0.2, -0.15) is 0 Å². The third kappa shape index (κ3) is 4.01. The van der Waals surface area contributed by atoms with E-state index in [0.717, 1.165) is 12.8 Å². The van der Waals surface area contributed by atoms with Crippen molar-refractivity contribution in [2.75, 3.05) is 0 Å². The van der Waals surface area contributed by atoms with E-state index in [1.807, 2.05) is 0 Å². The summed E-state index contributed by atoms with van der Waals surface area (Å²) in [5, 5.41) is 5.26. The van der Waals surface area contributed by atoms with Crippen LogP contribution < -0.4 is 11.5 Å². The second-order valence-electron chi connectivity index (χ2n) is 6.41. The Morgan fingerprint density at radius 3 is 1.08 bits per heavy atom. The second-order valence-corrected chi connectivity index (χ2v) is 6.41. The van der Waals surface area contributed by atoms with Crippen molar-refractivity contribution in [2.45, 2.75) is 38.8 Å². The number of rotatable bonds is 4. The van der Waals surface area contributed by atoms with Crippen molar-refractivity contribution < 1.29 is 0 Å². The zero-order valence-electron chi connectivity index (χ0n) is 14.2. The molecule has 0 saturated heterocycles. The van der Waals surface area contributed by atoms with E-state index in [4.69, 9.17) is 11.5 Å². The lowest BCUT2D eigenvalue weighted by atomic mass is 9.87. The molecule has 3 rings (SSSR count). The molecular weight excluding hydrogens is 339 g/mol. The van der Waals surface area contributed by atoms with Gasteiger partial charge < -0.3 is 11.5 Å². The highest BCUT2D eigenvalue weighted by atomic mass is 35.5. The number of benzene rings is 3. The van der Waals surface area contributed by atoms with Gasteiger partial charge in [-0.1, -0.05) is 48.5 Å². The molecule has 0 aliphatic heterocycles. The van der Waals surface area contributed by atoms with Crippen molar-refractivity contribution in [3.05, 3.63) is 59.7 Å². The lowest BCUT2D eigenvalue weighted by Gasteiger charge is -2.19. The largest absolute Gasteiger partial charge is 0.328 e. The molecule has 0 radical (unpaired) electrons. The van der Waals surface area contributed by atoms with Gasteiger partial charge in [-0.15, -0.1) is 24.8 Å². The molecule has 24 heavy (non-hydrogen) atoms. The van der Waals surface area contributed by atoms with Crippen LogP contribution in [0.1, 0.15) is 25.0 Å². The maximum absolute atomic E-state index is 6.11. The van der Waals surface area contributed by atoms with Crippen LogP contribution in [0.15, 0.2) is 48.5 Å². The Labute approximate surface area is 156 Å². The van der Waals surface area contributed by atoms with E-state index in [2.05, 4.69) is 62.4 Å². The second kappa shape index (κ2) is 8.68. The summed E-state index contributed by atoms with van der Waals surface area (Å²) in [6.45, 7) is 4.14. The first-order valence-electron chi connectivity index (χ1n) is 8.00. The summed E-state index contributed by atoms with van der Waals surface area (Å²) in [5.74, 6) is 0. The molecule has 0 spiro atoms. The lowest BCUT2D eigenvalue weighted by molar-refractivity contribution is 0.740. The molecule has 3 aromatic carbocycles. The SMILES string of the molecule is CC(N)Cc1c2ccccc2c(CC(C)N)c2ccccc12.Cl.Cl. The van der Waals surface area contributed by atoms with E-state index in [-0.39, 0.29) is 36.9 Å². The number of hydrogen-bond acceptors (Lipinski definition) is 2. The number of nitrogens with two attached hydrogens (primary N) is 2. The minimum atomic E-state index is 0. The van der Waals surface area contributed by atoms with Crippen molar-refractivity contribution in [2.24, 2.45) is 11.5 Å². The molecule has 2 unspecified atom stereocenters. The average Bonchev–Trinajstić information content (AvgIpc) is 2.50. The molecule has 0 fully saturated rings. The summed E-state index contributed by atoms with van der Waals surface area (Å²) in [7, 11) is 0. The van der Waals surface area contributed by atoms with Crippen molar-refractivity contribution in [3.63, 3.8) is 0 Å². The Bertz CT molecular complexity index is 688. The maximum Gasteiger partial charge on any atom is 0.00513 e. The van der Waals surface area contributed by atoms with Crippen molar-refractivity contribution in [3.8, 4) is 0 Å². The highest BCUT2D eigenvalue weighted by Crippen LogP contribution is 2.34. The molecule has 0 saturated carbocycles. The Kier molecular flexibility index (Phi) is 7.50. The van der Waals surface area contributed by atoms with Gasteiger partial charge in [0.1, 0.15) is 0 Å². The standard InChI is InChI=1S/C20H24N2.2ClH/c1-13(21)11-19-15-7-3-5-9-17(15)20(12-14(2)22)18-10-6-4-8-16(18)19;;/h3-10,13-14H,11-12,21-22H2,1-2H3;2*1H. The van der Waals surface area contributed by atoms with Gasteiger partial charge >= 0.3 is 0 Å². The Balaban J connectivity index is 0.00000144. The molecule has 4 heteroatoms. The molecule has 3 aromatic rings. The van der Waals surface area contributed by atoms with Crippen LogP contribution in [-0.4, -0.2) is 12.1 Å². The summed E-state index contributed by atoms with van der Waals surface area (Å²) in [5.41, 5.74) is 14.9. The van der Waals surface area contributed by atoms with Gasteiger partial charge in [0.15, 0.2) is 0 Å². The molecule has 0 amide bonds. The molecule has 130 valence electrons. The highest BCUT2D eigenvalue weighted by molar-refractivity contribution is 6.05. The molecule has 0 aliphatic carbocycles. The molecular formula is C20H26Cl2N2. The minimum absolute atomic E-state index is 0. The fourth-order valence-electron chi connectivity index (χ4n) is 3.39. The third-order valence-corrected chi connectivity index (χ3v) is 4.21. The summed E-state index contributed by atoms with van der Waals surface area (Å²) in [6.07, 6.45) is 1.78. The molecule has 0 bridgehead atoms. The summed E-state index contributed by atoms with van der Waals surface area (Å²) >= 11 is 0. The normalized spacial score (nSPS) is 13.2. The van der Waals surface area contributed by atoms with Gasteiger partial charge in [0, 0.05) is 12.1 Å². The Morgan fingerprint density at radius 1 is 0.625 bits per heavy atom. The van der Waals surface area contributed by atoms with Gasteiger partial charge in [-0.3, -0.25) is 0 Å². The Morgan fingerprint density at radius 2 is 0.875 bits per heavy atom. The third-order valence-electron chi connectivity index (χ3n) is 4.21. The van der Waals surface area contributed by atoms with Gasteiger partial charge in [0.25, 0.3) is 0 Å². The maximum atomic E-state index is 6.11. The molecule has 2 nitrogen and oxygen atoms in total. The van der Waals surface area contributed by atoms with Crippen LogP contribution in [0.4, 0.5) is 0 Å². The summed E-state index contributed by atoms with van der Waals surface area (Å²) in [6, 6.07) is 17.6. The number of hydrogen-bond donors (Lipinski definition) is 2. The molecule has 4 N–H and O–H groups in total. The van der Waals surface area contributed by atoms with Crippen LogP contribution in [0.5, 0.6) is 0 Å². The van der Waals surface area contributed by atoms with Crippen LogP contribution in [0.3, 0.4) is 0 Å². The zero-order chi connectivity index (χ0) is 15.7. The minimum Gasteiger partial charge on any atom is -0.328 e. The van der Waals surface area contributed by atoms with Crippen LogP contribution in [-0.2, 0) is 12.8 Å². The van der Waals surface area contributed by atoms with E-state index in [1.165, 1.54) is 32.7 Å². The van der Waals surface area contributed by atoms with Crippen molar-refractivity contribution in [1.82, 2.24) is 0 Å². The van der Waals surface area contributed by atoms with Gasteiger partial charge in [0.05, 0.1) is 0 Å². The van der Waals surface area contributed by atoms with Crippen LogP contribution in [0, 0.1) is 0 Å². The van der Waals surface area contributed by atoms with Gasteiger partial charge in [-0.05, 0) is 59.4 Å². The van der Waals surface area contributed by atoms with Gasteiger partial charge in [-0.25, -0.2) is 0 Å². The summed E-state index contributed by atoms with van der Waals surface area (Å²) in [4.78, 5) is 0. The quantitative estimate of drug-likeness (QED) is 0.663. The lowest BCUT2D eigenvalue weighted by Crippen LogP contribution is -2.20. The smallest absolute Gasteiger partial charge is 0.00513 e. The highest BCUT2D eigenvalue weighted by Gasteiger charge is 2.15. The number of fused-ring (bicyclic) bond motifs is 2. The number of halogens is 2. The van der Waals surface area contributed by atoms with E-state index in [9.17, 15) is 0 Å². The molecule has 0 heterocycles. The van der Waals surface area contributed by atoms with Crippen LogP contribution >= 0.6 is 24.8 Å². The average molecular weight is 365 g/mol. The zero-order valence-corrected chi connectivity index (χ0v) is 15.8. The fraction of sp³-hybridized carbons (Fsp3) is 0.300. The predicted octanol–water partition coefficient (Wildman–Crippen LogP) is 4.62. The van der Waals surface area contributed by atoms with E-state index in [1.54, 1.807) is 0 Å². The topological polar surface area (TPSA) is 52.0 Å². The first kappa shape index (κ1) is 20.7. The van der Waals surface area contributed by atoms with Crippen molar-refractivity contribution >= 4 is 46.4 Å². The first-order chi connectivity index (χ1) is 10.6. The van der Waals surface area contributed by atoms with E-state index < -0.39 is 0 Å². The van der Waals surface area contributed by atoms with Gasteiger partial charge in [0.2, 0.25) is 0 Å². The monoisotopic (exact) mass is 364 g/mol. The Hall–Kier alpha value is -1.32. The predicted molar refractivity (Wildman–Crippen MR) is 111 cm³/mol. The molecule has 0 aliphatic rings. The van der Waals surface area contributed by atoms with E-state index in [0.29, 0.717) is 0 Å². The van der Waals surface area contributed by atoms with Crippen LogP contribution in [0.25, 0.3) is 21.5 Å². The summed E-state index contributed by atoms with van der Waals surface area (Å²) < 4.78 is 0. The van der Waals surface area contributed by atoms with Crippen LogP contribution in [0.2, 0.25) is 0 Å². The molecule has 0 aromatic heterocycles. The molecule has 2 atom stereocenters. The van der Waals surface area contributed by atoms with E-state index >= 15 is 0 Å². The first-order valence-corrected chi connectivity index (χ1v) is 8.00. The van der Waals surface area contributed by atoms with Crippen molar-refractivity contribution in [1.29, 1.82) is 0 Å². The fourth-order valence-corrected chi connectivity index (χ4v) is 3.39.